The van der Waals surface area contributed by atoms with E-state index in [1.54, 1.807) is 0 Å². The first-order valence-corrected chi connectivity index (χ1v) is 7.25. The molecule has 5 heteroatoms. The van der Waals surface area contributed by atoms with Crippen molar-refractivity contribution in [2.45, 2.75) is 45.2 Å². The number of likely N-dealkylation sites (tertiary alicyclic amines) is 1. The molecule has 1 aromatic carbocycles. The molecular weight excluding hydrogens is 260 g/mol. The standard InChI is InChI=1S/C15H19F2N3/c1-2-10-5-3-4-6-20(10)9-15-18-13-7-11(16)12(17)8-14(13)19-15/h7-8,10H,2-6,9H2,1H3,(H,18,19). The summed E-state index contributed by atoms with van der Waals surface area (Å²) < 4.78 is 26.4. The molecule has 1 aliphatic heterocycles. The molecule has 2 heterocycles. The van der Waals surface area contributed by atoms with E-state index >= 15 is 0 Å². The fourth-order valence-corrected chi connectivity index (χ4v) is 3.06. The van der Waals surface area contributed by atoms with Gasteiger partial charge in [0.15, 0.2) is 11.6 Å². The highest BCUT2D eigenvalue weighted by Crippen LogP contribution is 2.22. The molecule has 3 nitrogen and oxygen atoms in total. The van der Waals surface area contributed by atoms with Gasteiger partial charge in [-0.05, 0) is 25.8 Å². The van der Waals surface area contributed by atoms with Gasteiger partial charge in [0.25, 0.3) is 0 Å². The number of halogens is 2. The fourth-order valence-electron chi connectivity index (χ4n) is 3.06. The fraction of sp³-hybridized carbons (Fsp3) is 0.533. The third-order valence-corrected chi connectivity index (χ3v) is 4.15. The van der Waals surface area contributed by atoms with Gasteiger partial charge in [-0.2, -0.15) is 0 Å². The summed E-state index contributed by atoms with van der Waals surface area (Å²) in [6.45, 7) is 3.99. The Balaban J connectivity index is 1.83. The Hall–Kier alpha value is -1.49. The highest BCUT2D eigenvalue weighted by atomic mass is 19.2. The number of nitrogens with one attached hydrogen (secondary N) is 1. The van der Waals surface area contributed by atoms with Gasteiger partial charge in [-0.1, -0.05) is 13.3 Å². The number of fused-ring (bicyclic) bond motifs is 1. The van der Waals surface area contributed by atoms with Crippen LogP contribution in [-0.2, 0) is 6.54 Å². The van der Waals surface area contributed by atoms with E-state index < -0.39 is 11.6 Å². The number of rotatable bonds is 3. The number of benzene rings is 1. The van der Waals surface area contributed by atoms with Crippen molar-refractivity contribution in [1.82, 2.24) is 14.9 Å². The lowest BCUT2D eigenvalue weighted by atomic mass is 10.0. The molecule has 108 valence electrons. The third kappa shape index (κ3) is 2.54. The Bertz CT molecular complexity index is 569. The van der Waals surface area contributed by atoms with Crippen molar-refractivity contribution in [1.29, 1.82) is 0 Å². The molecule has 1 saturated heterocycles. The quantitative estimate of drug-likeness (QED) is 0.930. The minimum Gasteiger partial charge on any atom is -0.341 e. The zero-order valence-electron chi connectivity index (χ0n) is 11.6. The zero-order chi connectivity index (χ0) is 14.1. The summed E-state index contributed by atoms with van der Waals surface area (Å²) >= 11 is 0. The first-order valence-electron chi connectivity index (χ1n) is 7.25. The topological polar surface area (TPSA) is 31.9 Å². The number of hydrogen-bond acceptors (Lipinski definition) is 2. The molecule has 1 aliphatic rings. The van der Waals surface area contributed by atoms with E-state index in [1.807, 2.05) is 0 Å². The van der Waals surface area contributed by atoms with E-state index in [4.69, 9.17) is 0 Å². The zero-order valence-corrected chi connectivity index (χ0v) is 11.6. The monoisotopic (exact) mass is 279 g/mol. The van der Waals surface area contributed by atoms with Gasteiger partial charge in [0, 0.05) is 18.2 Å². The lowest BCUT2D eigenvalue weighted by Gasteiger charge is -2.34. The van der Waals surface area contributed by atoms with E-state index in [0.717, 1.165) is 31.4 Å². The van der Waals surface area contributed by atoms with Gasteiger partial charge >= 0.3 is 0 Å². The average molecular weight is 279 g/mol. The summed E-state index contributed by atoms with van der Waals surface area (Å²) in [5, 5.41) is 0. The van der Waals surface area contributed by atoms with Crippen molar-refractivity contribution in [2.24, 2.45) is 0 Å². The molecule has 3 rings (SSSR count). The van der Waals surface area contributed by atoms with Crippen LogP contribution < -0.4 is 0 Å². The summed E-state index contributed by atoms with van der Waals surface area (Å²) in [7, 11) is 0. The second-order valence-corrected chi connectivity index (χ2v) is 5.50. The van der Waals surface area contributed by atoms with E-state index in [9.17, 15) is 8.78 Å². The number of nitrogens with zero attached hydrogens (tertiary/aromatic N) is 2. The summed E-state index contributed by atoms with van der Waals surface area (Å²) in [5.41, 5.74) is 1.05. The van der Waals surface area contributed by atoms with Gasteiger partial charge in [0.05, 0.1) is 17.6 Å². The number of aromatic nitrogens is 2. The molecule has 1 unspecified atom stereocenters. The molecule has 0 amide bonds. The second-order valence-electron chi connectivity index (χ2n) is 5.50. The van der Waals surface area contributed by atoms with Crippen LogP contribution in [0.5, 0.6) is 0 Å². The van der Waals surface area contributed by atoms with Crippen molar-refractivity contribution < 1.29 is 8.78 Å². The minimum atomic E-state index is -0.847. The number of imidazole rings is 1. The lowest BCUT2D eigenvalue weighted by molar-refractivity contribution is 0.133. The van der Waals surface area contributed by atoms with Crippen LogP contribution in [0.15, 0.2) is 12.1 Å². The minimum absolute atomic E-state index is 0.490. The molecule has 20 heavy (non-hydrogen) atoms. The van der Waals surface area contributed by atoms with Crippen molar-refractivity contribution in [3.8, 4) is 0 Å². The average Bonchev–Trinajstić information content (AvgIpc) is 2.81. The maximum atomic E-state index is 13.2. The Kier molecular flexibility index (Phi) is 3.70. The summed E-state index contributed by atoms with van der Waals surface area (Å²) in [5.74, 6) is -0.901. The largest absolute Gasteiger partial charge is 0.341 e. The summed E-state index contributed by atoms with van der Waals surface area (Å²) in [6, 6.07) is 2.91. The molecule has 0 bridgehead atoms. The lowest BCUT2D eigenvalue weighted by Crippen LogP contribution is -2.38. The molecule has 0 saturated carbocycles. The van der Waals surface area contributed by atoms with Crippen LogP contribution in [0.25, 0.3) is 11.0 Å². The molecule has 1 atom stereocenters. The van der Waals surface area contributed by atoms with Gasteiger partial charge in [0.1, 0.15) is 5.82 Å². The number of H-pyrrole nitrogens is 1. The first kappa shape index (κ1) is 13.5. The predicted octanol–water partition coefficient (Wildman–Crippen LogP) is 3.61. The Labute approximate surface area is 117 Å². The van der Waals surface area contributed by atoms with Crippen LogP contribution in [0.1, 0.15) is 38.4 Å². The SMILES string of the molecule is CCC1CCCCN1Cc1nc2cc(F)c(F)cc2[nH]1. The molecule has 0 radical (unpaired) electrons. The molecule has 0 aliphatic carbocycles. The highest BCUT2D eigenvalue weighted by Gasteiger charge is 2.21. The molecule has 0 spiro atoms. The van der Waals surface area contributed by atoms with Crippen LogP contribution >= 0.6 is 0 Å². The van der Waals surface area contributed by atoms with Crippen molar-refractivity contribution in [2.75, 3.05) is 6.54 Å². The van der Waals surface area contributed by atoms with Crippen LogP contribution in [0, 0.1) is 11.6 Å². The van der Waals surface area contributed by atoms with Crippen molar-refractivity contribution in [3.05, 3.63) is 29.6 Å². The van der Waals surface area contributed by atoms with Crippen molar-refractivity contribution >= 4 is 11.0 Å². The number of hydrogen-bond donors (Lipinski definition) is 1. The molecule has 1 aromatic heterocycles. The summed E-state index contributed by atoms with van der Waals surface area (Å²) in [4.78, 5) is 9.88. The Morgan fingerprint density at radius 2 is 2.10 bits per heavy atom. The van der Waals surface area contributed by atoms with E-state index in [-0.39, 0.29) is 0 Å². The number of aromatic amines is 1. The van der Waals surface area contributed by atoms with Gasteiger partial charge < -0.3 is 4.98 Å². The first-order chi connectivity index (χ1) is 9.67. The van der Waals surface area contributed by atoms with Crippen molar-refractivity contribution in [3.63, 3.8) is 0 Å². The smallest absolute Gasteiger partial charge is 0.161 e. The van der Waals surface area contributed by atoms with Crippen LogP contribution in [0.3, 0.4) is 0 Å². The molecule has 2 aromatic rings. The van der Waals surface area contributed by atoms with E-state index in [0.29, 0.717) is 17.1 Å². The van der Waals surface area contributed by atoms with Gasteiger partial charge in [0.2, 0.25) is 0 Å². The van der Waals surface area contributed by atoms with Crippen LogP contribution in [0.2, 0.25) is 0 Å². The molecule has 1 fully saturated rings. The highest BCUT2D eigenvalue weighted by molar-refractivity contribution is 5.75. The van der Waals surface area contributed by atoms with Gasteiger partial charge in [-0.15, -0.1) is 0 Å². The molecule has 1 N–H and O–H groups in total. The van der Waals surface area contributed by atoms with Gasteiger partial charge in [-0.3, -0.25) is 4.90 Å². The van der Waals surface area contributed by atoms with E-state index in [2.05, 4.69) is 21.8 Å². The van der Waals surface area contributed by atoms with Gasteiger partial charge in [-0.25, -0.2) is 13.8 Å². The maximum absolute atomic E-state index is 13.2. The Morgan fingerprint density at radius 1 is 1.30 bits per heavy atom. The van der Waals surface area contributed by atoms with E-state index in [1.165, 1.54) is 25.3 Å². The second kappa shape index (κ2) is 5.48. The van der Waals surface area contributed by atoms with Crippen LogP contribution in [-0.4, -0.2) is 27.5 Å². The Morgan fingerprint density at radius 3 is 2.90 bits per heavy atom. The summed E-state index contributed by atoms with van der Waals surface area (Å²) in [6.07, 6.45) is 4.84. The predicted molar refractivity (Wildman–Crippen MR) is 74.3 cm³/mol. The third-order valence-electron chi connectivity index (χ3n) is 4.15. The molecular formula is C15H19F2N3. The normalized spacial score (nSPS) is 20.6. The maximum Gasteiger partial charge on any atom is 0.161 e. The van der Waals surface area contributed by atoms with Crippen LogP contribution in [0.4, 0.5) is 8.78 Å². The number of piperidine rings is 1.